The molecule has 2 aromatic rings. The summed E-state index contributed by atoms with van der Waals surface area (Å²) < 4.78 is 23.6. The molecule has 0 radical (unpaired) electrons. The summed E-state index contributed by atoms with van der Waals surface area (Å²) >= 11 is 0. The van der Waals surface area contributed by atoms with Gasteiger partial charge in [-0.3, -0.25) is 9.59 Å². The van der Waals surface area contributed by atoms with Crippen LogP contribution in [0, 0.1) is 5.82 Å². The Kier molecular flexibility index (Phi) is 5.95. The van der Waals surface area contributed by atoms with Crippen LogP contribution in [0.3, 0.4) is 0 Å². The van der Waals surface area contributed by atoms with Gasteiger partial charge in [0.2, 0.25) is 5.91 Å². The summed E-state index contributed by atoms with van der Waals surface area (Å²) in [5.41, 5.74) is 0. The Morgan fingerprint density at radius 2 is 1.88 bits per heavy atom. The predicted octanol–water partition coefficient (Wildman–Crippen LogP) is 2.25. The number of benzene rings is 1. The highest BCUT2D eigenvalue weighted by Gasteiger charge is 2.13. The third kappa shape index (κ3) is 5.42. The van der Waals surface area contributed by atoms with Crippen molar-refractivity contribution in [3.63, 3.8) is 0 Å². The summed E-state index contributed by atoms with van der Waals surface area (Å²) in [5.74, 6) is -0.0853. The topological polar surface area (TPSA) is 80.6 Å². The predicted molar refractivity (Wildman–Crippen MR) is 85.1 cm³/mol. The van der Waals surface area contributed by atoms with Crippen LogP contribution in [-0.4, -0.2) is 24.4 Å². The molecule has 2 amide bonds. The van der Waals surface area contributed by atoms with E-state index >= 15 is 0 Å². The van der Waals surface area contributed by atoms with Crippen molar-refractivity contribution in [1.29, 1.82) is 0 Å². The normalized spacial score (nSPS) is 10.5. The summed E-state index contributed by atoms with van der Waals surface area (Å²) in [6.45, 7) is 3.64. The maximum absolute atomic E-state index is 12.8. The van der Waals surface area contributed by atoms with E-state index in [4.69, 9.17) is 9.15 Å². The molecular formula is C17H19FN2O4. The SMILES string of the molecule is CC(C)NC(=O)CNC(=O)c1ccc(COc2ccc(F)cc2)o1. The molecule has 0 spiro atoms. The molecule has 128 valence electrons. The van der Waals surface area contributed by atoms with E-state index in [1.165, 1.54) is 30.3 Å². The van der Waals surface area contributed by atoms with Crippen LogP contribution in [0.4, 0.5) is 4.39 Å². The number of carbonyl (C=O) groups is 2. The van der Waals surface area contributed by atoms with Gasteiger partial charge in [0.05, 0.1) is 6.54 Å². The Hall–Kier alpha value is -2.83. The van der Waals surface area contributed by atoms with Crippen molar-refractivity contribution in [3.8, 4) is 5.75 Å². The van der Waals surface area contributed by atoms with E-state index in [1.54, 1.807) is 6.07 Å². The molecule has 6 nitrogen and oxygen atoms in total. The Morgan fingerprint density at radius 3 is 2.54 bits per heavy atom. The molecular weight excluding hydrogens is 315 g/mol. The average Bonchev–Trinajstić information content (AvgIpc) is 3.00. The molecule has 0 saturated heterocycles. The smallest absolute Gasteiger partial charge is 0.287 e. The van der Waals surface area contributed by atoms with Crippen molar-refractivity contribution in [2.24, 2.45) is 0 Å². The van der Waals surface area contributed by atoms with Gasteiger partial charge in [0.1, 0.15) is 23.9 Å². The van der Waals surface area contributed by atoms with Crippen LogP contribution in [0.5, 0.6) is 5.75 Å². The molecule has 7 heteroatoms. The second-order valence-corrected chi connectivity index (χ2v) is 5.41. The summed E-state index contributed by atoms with van der Waals surface area (Å²) in [4.78, 5) is 23.4. The maximum Gasteiger partial charge on any atom is 0.287 e. The zero-order chi connectivity index (χ0) is 17.5. The molecule has 0 unspecified atom stereocenters. The van der Waals surface area contributed by atoms with Crippen LogP contribution < -0.4 is 15.4 Å². The van der Waals surface area contributed by atoms with Gasteiger partial charge in [-0.25, -0.2) is 4.39 Å². The molecule has 0 bridgehead atoms. The van der Waals surface area contributed by atoms with E-state index in [2.05, 4.69) is 10.6 Å². The number of halogens is 1. The fourth-order valence-electron chi connectivity index (χ4n) is 1.88. The van der Waals surface area contributed by atoms with Gasteiger partial charge < -0.3 is 19.8 Å². The number of furan rings is 1. The minimum atomic E-state index is -0.484. The number of hydrogen-bond acceptors (Lipinski definition) is 4. The van der Waals surface area contributed by atoms with Gasteiger partial charge in [-0.05, 0) is 50.2 Å². The van der Waals surface area contributed by atoms with Gasteiger partial charge in [-0.1, -0.05) is 0 Å². The zero-order valence-electron chi connectivity index (χ0n) is 13.5. The number of carbonyl (C=O) groups excluding carboxylic acids is 2. The maximum atomic E-state index is 12.8. The lowest BCUT2D eigenvalue weighted by atomic mass is 10.3. The first-order valence-corrected chi connectivity index (χ1v) is 7.48. The largest absolute Gasteiger partial charge is 0.486 e. The van der Waals surface area contributed by atoms with Crippen LogP contribution in [-0.2, 0) is 11.4 Å². The average molecular weight is 334 g/mol. The van der Waals surface area contributed by atoms with Crippen LogP contribution >= 0.6 is 0 Å². The van der Waals surface area contributed by atoms with Crippen molar-refractivity contribution in [2.45, 2.75) is 26.5 Å². The lowest BCUT2D eigenvalue weighted by molar-refractivity contribution is -0.120. The van der Waals surface area contributed by atoms with Gasteiger partial charge in [-0.2, -0.15) is 0 Å². The molecule has 1 aromatic heterocycles. The van der Waals surface area contributed by atoms with Gasteiger partial charge in [0.15, 0.2) is 5.76 Å². The van der Waals surface area contributed by atoms with Crippen molar-refractivity contribution in [2.75, 3.05) is 6.54 Å². The third-order valence-electron chi connectivity index (χ3n) is 2.94. The molecule has 1 heterocycles. The lowest BCUT2D eigenvalue weighted by Gasteiger charge is -2.08. The van der Waals surface area contributed by atoms with Crippen molar-refractivity contribution in [3.05, 3.63) is 53.7 Å². The van der Waals surface area contributed by atoms with Crippen LogP contribution in [0.25, 0.3) is 0 Å². The van der Waals surface area contributed by atoms with E-state index in [0.717, 1.165) is 0 Å². The Bertz CT molecular complexity index is 695. The van der Waals surface area contributed by atoms with Crippen molar-refractivity contribution >= 4 is 11.8 Å². The minimum absolute atomic E-state index is 0.00762. The van der Waals surface area contributed by atoms with E-state index < -0.39 is 5.91 Å². The Morgan fingerprint density at radius 1 is 1.17 bits per heavy atom. The van der Waals surface area contributed by atoms with E-state index in [0.29, 0.717) is 11.5 Å². The quantitative estimate of drug-likeness (QED) is 0.814. The van der Waals surface area contributed by atoms with Gasteiger partial charge >= 0.3 is 0 Å². The highest BCUT2D eigenvalue weighted by molar-refractivity contribution is 5.94. The molecule has 0 aliphatic rings. The minimum Gasteiger partial charge on any atom is -0.486 e. The first-order chi connectivity index (χ1) is 11.4. The first kappa shape index (κ1) is 17.5. The van der Waals surface area contributed by atoms with E-state index in [-0.39, 0.29) is 36.7 Å². The molecule has 2 N–H and O–H groups in total. The highest BCUT2D eigenvalue weighted by atomic mass is 19.1. The number of amides is 2. The molecule has 0 aliphatic carbocycles. The molecule has 0 fully saturated rings. The monoisotopic (exact) mass is 334 g/mol. The second-order valence-electron chi connectivity index (χ2n) is 5.41. The first-order valence-electron chi connectivity index (χ1n) is 7.48. The summed E-state index contributed by atoms with van der Waals surface area (Å²) in [5, 5.41) is 5.14. The molecule has 0 aliphatic heterocycles. The zero-order valence-corrected chi connectivity index (χ0v) is 13.5. The molecule has 24 heavy (non-hydrogen) atoms. The third-order valence-corrected chi connectivity index (χ3v) is 2.94. The standard InChI is InChI=1S/C17H19FN2O4/c1-11(2)20-16(21)9-19-17(22)15-8-7-14(24-15)10-23-13-5-3-12(18)4-6-13/h3-8,11H,9-10H2,1-2H3,(H,19,22)(H,20,21). The summed E-state index contributed by atoms with van der Waals surface area (Å²) in [6, 6.07) is 8.69. The van der Waals surface area contributed by atoms with E-state index in [9.17, 15) is 14.0 Å². The van der Waals surface area contributed by atoms with Crippen LogP contribution in [0.2, 0.25) is 0 Å². The van der Waals surface area contributed by atoms with Crippen molar-refractivity contribution in [1.82, 2.24) is 10.6 Å². The Labute approximate surface area is 139 Å². The van der Waals surface area contributed by atoms with Crippen molar-refractivity contribution < 1.29 is 23.1 Å². The fourth-order valence-corrected chi connectivity index (χ4v) is 1.88. The number of hydrogen-bond donors (Lipinski definition) is 2. The fraction of sp³-hybridized carbons (Fsp3) is 0.294. The number of nitrogens with one attached hydrogen (secondary N) is 2. The second kappa shape index (κ2) is 8.14. The summed E-state index contributed by atoms with van der Waals surface area (Å²) in [7, 11) is 0. The van der Waals surface area contributed by atoms with Gasteiger partial charge in [-0.15, -0.1) is 0 Å². The molecule has 1 aromatic carbocycles. The molecule has 0 saturated carbocycles. The summed E-state index contributed by atoms with van der Waals surface area (Å²) in [6.07, 6.45) is 0. The van der Waals surface area contributed by atoms with Crippen LogP contribution in [0.15, 0.2) is 40.8 Å². The van der Waals surface area contributed by atoms with Gasteiger partial charge in [0.25, 0.3) is 5.91 Å². The lowest BCUT2D eigenvalue weighted by Crippen LogP contribution is -2.39. The Balaban J connectivity index is 1.82. The number of rotatable bonds is 7. The molecule has 0 atom stereocenters. The van der Waals surface area contributed by atoms with Crippen LogP contribution in [0.1, 0.15) is 30.2 Å². The van der Waals surface area contributed by atoms with E-state index in [1.807, 2.05) is 13.8 Å². The van der Waals surface area contributed by atoms with Gasteiger partial charge in [0, 0.05) is 6.04 Å². The number of ether oxygens (including phenoxy) is 1. The molecule has 2 rings (SSSR count). The highest BCUT2D eigenvalue weighted by Crippen LogP contribution is 2.15.